The molecule has 3 aromatic heterocycles. The van der Waals surface area contributed by atoms with Crippen molar-refractivity contribution in [3.8, 4) is 0 Å². The van der Waals surface area contributed by atoms with Crippen molar-refractivity contribution in [2.75, 3.05) is 0 Å². The lowest BCUT2D eigenvalue weighted by atomic mass is 9.88. The maximum Gasteiger partial charge on any atom is 0.424 e. The van der Waals surface area contributed by atoms with Gasteiger partial charge in [-0.05, 0) is 18.2 Å². The first-order valence-corrected chi connectivity index (χ1v) is 6.61. The molecule has 0 bridgehead atoms. The zero-order valence-electron chi connectivity index (χ0n) is 11.6. The molecular formula is C15H11F4N3O. The minimum absolute atomic E-state index is 0.279. The van der Waals surface area contributed by atoms with Crippen LogP contribution in [0.5, 0.6) is 0 Å². The molecule has 2 atom stereocenters. The summed E-state index contributed by atoms with van der Waals surface area (Å²) in [6.45, 7) is 0. The molecule has 2 unspecified atom stereocenters. The Morgan fingerprint density at radius 1 is 1.13 bits per heavy atom. The number of nitrogens with zero attached hydrogens (tertiary/aromatic N) is 3. The van der Waals surface area contributed by atoms with Crippen LogP contribution in [0.4, 0.5) is 17.6 Å². The Kier molecular flexibility index (Phi) is 3.56. The number of pyridine rings is 2. The van der Waals surface area contributed by atoms with E-state index in [1.54, 1.807) is 12.1 Å². The Morgan fingerprint density at radius 2 is 1.91 bits per heavy atom. The van der Waals surface area contributed by atoms with E-state index in [1.807, 2.05) is 0 Å². The van der Waals surface area contributed by atoms with E-state index in [-0.39, 0.29) is 5.65 Å². The zero-order chi connectivity index (χ0) is 16.7. The van der Waals surface area contributed by atoms with Crippen LogP contribution in [0.1, 0.15) is 17.4 Å². The van der Waals surface area contributed by atoms with Gasteiger partial charge in [-0.15, -0.1) is 0 Å². The van der Waals surface area contributed by atoms with Gasteiger partial charge in [-0.1, -0.05) is 12.1 Å². The molecule has 0 aliphatic heterocycles. The molecule has 0 amide bonds. The fraction of sp³-hybridized carbons (Fsp3) is 0.200. The van der Waals surface area contributed by atoms with E-state index in [1.165, 1.54) is 28.9 Å². The second-order valence-electron chi connectivity index (χ2n) is 5.00. The minimum Gasteiger partial charge on any atom is -0.374 e. The first-order valence-electron chi connectivity index (χ1n) is 6.61. The number of aromatic nitrogens is 3. The Morgan fingerprint density at radius 3 is 2.52 bits per heavy atom. The van der Waals surface area contributed by atoms with Crippen LogP contribution in [0.15, 0.2) is 55.1 Å². The monoisotopic (exact) mass is 325 g/mol. The molecule has 8 heteroatoms. The molecule has 0 saturated heterocycles. The van der Waals surface area contributed by atoms with E-state index in [0.717, 1.165) is 18.5 Å². The van der Waals surface area contributed by atoms with Crippen LogP contribution in [-0.2, 0) is 5.60 Å². The van der Waals surface area contributed by atoms with Gasteiger partial charge in [0, 0.05) is 30.4 Å². The quantitative estimate of drug-likeness (QED) is 0.753. The molecule has 0 saturated carbocycles. The Bertz CT molecular complexity index is 785. The minimum atomic E-state index is -5.24. The van der Waals surface area contributed by atoms with Crippen LogP contribution in [0.25, 0.3) is 5.65 Å². The summed E-state index contributed by atoms with van der Waals surface area (Å²) < 4.78 is 56.4. The predicted molar refractivity (Wildman–Crippen MR) is 73.2 cm³/mol. The molecule has 0 aliphatic rings. The molecule has 3 heterocycles. The number of halogens is 4. The third-order valence-corrected chi connectivity index (χ3v) is 3.54. The summed E-state index contributed by atoms with van der Waals surface area (Å²) in [5.41, 5.74) is -4.66. The van der Waals surface area contributed by atoms with Gasteiger partial charge in [-0.25, -0.2) is 9.37 Å². The number of hydrogen-bond acceptors (Lipinski definition) is 3. The van der Waals surface area contributed by atoms with Crippen LogP contribution in [0, 0.1) is 0 Å². The molecule has 3 aromatic rings. The van der Waals surface area contributed by atoms with E-state index in [4.69, 9.17) is 0 Å². The van der Waals surface area contributed by atoms with Crippen LogP contribution in [-0.4, -0.2) is 25.7 Å². The van der Waals surface area contributed by atoms with E-state index in [9.17, 15) is 22.7 Å². The van der Waals surface area contributed by atoms with E-state index < -0.39 is 29.2 Å². The van der Waals surface area contributed by atoms with Gasteiger partial charge in [0.15, 0.2) is 6.17 Å². The summed E-state index contributed by atoms with van der Waals surface area (Å²) in [5, 5.41) is 10.2. The lowest BCUT2D eigenvalue weighted by Gasteiger charge is -2.32. The Hall–Kier alpha value is -2.48. The molecular weight excluding hydrogens is 314 g/mol. The Balaban J connectivity index is 2.13. The van der Waals surface area contributed by atoms with E-state index >= 15 is 0 Å². The van der Waals surface area contributed by atoms with Crippen molar-refractivity contribution < 1.29 is 22.7 Å². The van der Waals surface area contributed by atoms with Crippen molar-refractivity contribution in [2.24, 2.45) is 0 Å². The summed E-state index contributed by atoms with van der Waals surface area (Å²) in [6, 6.07) is 6.94. The fourth-order valence-electron chi connectivity index (χ4n) is 2.33. The fourth-order valence-corrected chi connectivity index (χ4v) is 2.33. The second kappa shape index (κ2) is 5.31. The van der Waals surface area contributed by atoms with Crippen molar-refractivity contribution in [3.63, 3.8) is 0 Å². The number of rotatable bonds is 3. The number of imidazole rings is 1. The van der Waals surface area contributed by atoms with Crippen LogP contribution < -0.4 is 0 Å². The van der Waals surface area contributed by atoms with Gasteiger partial charge >= 0.3 is 6.18 Å². The second-order valence-corrected chi connectivity index (χ2v) is 5.00. The first kappa shape index (κ1) is 15.4. The number of hydrogen-bond donors (Lipinski definition) is 1. The molecule has 0 aliphatic carbocycles. The van der Waals surface area contributed by atoms with E-state index in [0.29, 0.717) is 0 Å². The third-order valence-electron chi connectivity index (χ3n) is 3.54. The number of alkyl halides is 4. The van der Waals surface area contributed by atoms with Crippen LogP contribution in [0.3, 0.4) is 0 Å². The maximum atomic E-state index is 14.7. The summed E-state index contributed by atoms with van der Waals surface area (Å²) in [4.78, 5) is 7.36. The standard InChI is InChI=1S/C15H11F4N3O/c16-13(11-9-22-7-2-1-5-12(22)21-11)14(23,15(17,18)19)10-4-3-6-20-8-10/h1-9,13,23H. The highest BCUT2D eigenvalue weighted by Crippen LogP contribution is 2.48. The highest BCUT2D eigenvalue weighted by molar-refractivity contribution is 5.41. The molecule has 3 rings (SSSR count). The van der Waals surface area contributed by atoms with Crippen molar-refractivity contribution in [1.82, 2.24) is 14.4 Å². The lowest BCUT2D eigenvalue weighted by molar-refractivity contribution is -0.290. The Labute approximate surface area is 128 Å². The molecule has 23 heavy (non-hydrogen) atoms. The van der Waals surface area contributed by atoms with Gasteiger partial charge in [0.2, 0.25) is 5.60 Å². The van der Waals surface area contributed by atoms with Crippen LogP contribution >= 0.6 is 0 Å². The smallest absolute Gasteiger partial charge is 0.374 e. The molecule has 1 N–H and O–H groups in total. The van der Waals surface area contributed by atoms with Crippen molar-refractivity contribution in [2.45, 2.75) is 17.9 Å². The molecule has 4 nitrogen and oxygen atoms in total. The topological polar surface area (TPSA) is 50.4 Å². The highest BCUT2D eigenvalue weighted by Gasteiger charge is 2.61. The predicted octanol–water partition coefficient (Wildman–Crippen LogP) is 3.19. The van der Waals surface area contributed by atoms with Crippen molar-refractivity contribution in [1.29, 1.82) is 0 Å². The first-order chi connectivity index (χ1) is 10.8. The van der Waals surface area contributed by atoms with Gasteiger partial charge < -0.3 is 9.51 Å². The normalized spacial score (nSPS) is 16.2. The largest absolute Gasteiger partial charge is 0.424 e. The summed E-state index contributed by atoms with van der Waals surface area (Å²) in [5.74, 6) is 0. The third kappa shape index (κ3) is 2.44. The van der Waals surface area contributed by atoms with Gasteiger partial charge in [0.05, 0.1) is 5.69 Å². The average Bonchev–Trinajstić information content (AvgIpc) is 2.97. The van der Waals surface area contributed by atoms with Gasteiger partial charge in [0.1, 0.15) is 5.65 Å². The van der Waals surface area contributed by atoms with Gasteiger partial charge in [-0.2, -0.15) is 13.2 Å². The number of fused-ring (bicyclic) bond motifs is 1. The summed E-state index contributed by atoms with van der Waals surface area (Å²) in [7, 11) is 0. The van der Waals surface area contributed by atoms with Gasteiger partial charge in [0.25, 0.3) is 0 Å². The zero-order valence-corrected chi connectivity index (χ0v) is 11.6. The molecule has 0 radical (unpaired) electrons. The average molecular weight is 325 g/mol. The highest BCUT2D eigenvalue weighted by atomic mass is 19.4. The SMILES string of the molecule is OC(c1cccnc1)(C(F)c1cn2ccccc2n1)C(F)(F)F. The van der Waals surface area contributed by atoms with Gasteiger partial charge in [-0.3, -0.25) is 4.98 Å². The summed E-state index contributed by atoms with van der Waals surface area (Å²) >= 11 is 0. The van der Waals surface area contributed by atoms with Crippen LogP contribution in [0.2, 0.25) is 0 Å². The maximum absolute atomic E-state index is 14.7. The van der Waals surface area contributed by atoms with Crippen molar-refractivity contribution in [3.05, 3.63) is 66.4 Å². The molecule has 0 spiro atoms. The lowest BCUT2D eigenvalue weighted by Crippen LogP contribution is -2.46. The molecule has 0 fully saturated rings. The molecule has 0 aromatic carbocycles. The number of aliphatic hydroxyl groups is 1. The van der Waals surface area contributed by atoms with Crippen molar-refractivity contribution >= 4 is 5.65 Å². The summed E-state index contributed by atoms with van der Waals surface area (Å²) in [6.07, 6.45) is -3.38. The van der Waals surface area contributed by atoms with E-state index in [2.05, 4.69) is 9.97 Å². The molecule has 120 valence electrons.